The van der Waals surface area contributed by atoms with Gasteiger partial charge in [0.25, 0.3) is 0 Å². The van der Waals surface area contributed by atoms with Gasteiger partial charge in [0.15, 0.2) is 0 Å². The van der Waals surface area contributed by atoms with Gasteiger partial charge in [-0.3, -0.25) is 0 Å². The lowest BCUT2D eigenvalue weighted by atomic mass is 9.82. The predicted octanol–water partition coefficient (Wildman–Crippen LogP) is 2.73. The van der Waals surface area contributed by atoms with Crippen molar-refractivity contribution in [2.75, 3.05) is 0 Å². The fraction of sp³-hybridized carbons (Fsp3) is 1.00. The van der Waals surface area contributed by atoms with Crippen molar-refractivity contribution in [2.24, 2.45) is 11.8 Å². The van der Waals surface area contributed by atoms with E-state index in [1.54, 1.807) is 0 Å². The second kappa shape index (κ2) is 3.02. The number of hydrogen-bond donors (Lipinski definition) is 1. The molecule has 0 radical (unpaired) electrons. The summed E-state index contributed by atoms with van der Waals surface area (Å²) in [7, 11) is 0. The zero-order chi connectivity index (χ0) is 8.60. The highest BCUT2D eigenvalue weighted by Gasteiger charge is 2.56. The second-order valence-corrected chi connectivity index (χ2v) is 4.64. The minimum Gasteiger partial charge on any atom is -0.389 e. The third kappa shape index (κ3) is 1.28. The minimum atomic E-state index is -0.213. The van der Waals surface area contributed by atoms with Crippen LogP contribution in [0.1, 0.15) is 51.9 Å². The van der Waals surface area contributed by atoms with E-state index >= 15 is 0 Å². The van der Waals surface area contributed by atoms with Crippen LogP contribution in [0.4, 0.5) is 0 Å². The Morgan fingerprint density at radius 1 is 1.25 bits per heavy atom. The van der Waals surface area contributed by atoms with Crippen LogP contribution in [0.5, 0.6) is 0 Å². The largest absolute Gasteiger partial charge is 0.389 e. The van der Waals surface area contributed by atoms with E-state index in [-0.39, 0.29) is 5.60 Å². The van der Waals surface area contributed by atoms with Gasteiger partial charge < -0.3 is 5.11 Å². The summed E-state index contributed by atoms with van der Waals surface area (Å²) in [4.78, 5) is 0. The second-order valence-electron chi connectivity index (χ2n) is 4.64. The zero-order valence-electron chi connectivity index (χ0n) is 8.05. The summed E-state index contributed by atoms with van der Waals surface area (Å²) in [5, 5.41) is 10.2. The number of aliphatic hydroxyl groups is 1. The van der Waals surface area contributed by atoms with Crippen LogP contribution in [0.25, 0.3) is 0 Å². The van der Waals surface area contributed by atoms with E-state index in [0.29, 0.717) is 11.8 Å². The summed E-state index contributed by atoms with van der Waals surface area (Å²) >= 11 is 0. The molecule has 0 aromatic rings. The Morgan fingerprint density at radius 2 is 1.92 bits per heavy atom. The van der Waals surface area contributed by atoms with Gasteiger partial charge in [-0.15, -0.1) is 0 Å². The Bertz CT molecular complexity index is 160. The van der Waals surface area contributed by atoms with Crippen molar-refractivity contribution in [3.63, 3.8) is 0 Å². The molecule has 1 N–H and O–H groups in total. The predicted molar refractivity (Wildman–Crippen MR) is 49.9 cm³/mol. The third-order valence-corrected chi connectivity index (χ3v) is 3.93. The lowest BCUT2D eigenvalue weighted by Gasteiger charge is -2.27. The highest BCUT2D eigenvalue weighted by atomic mass is 16.3. The Hall–Kier alpha value is -0.0400. The molecule has 2 rings (SSSR count). The molecular formula is C11H20O. The van der Waals surface area contributed by atoms with E-state index in [0.717, 1.165) is 6.42 Å². The zero-order valence-corrected chi connectivity index (χ0v) is 8.05. The molecule has 2 fully saturated rings. The summed E-state index contributed by atoms with van der Waals surface area (Å²) in [6, 6.07) is 0. The number of hydrogen-bond acceptors (Lipinski definition) is 1. The van der Waals surface area contributed by atoms with Gasteiger partial charge in [-0.2, -0.15) is 0 Å². The van der Waals surface area contributed by atoms with Gasteiger partial charge >= 0.3 is 0 Å². The van der Waals surface area contributed by atoms with Crippen LogP contribution in [-0.4, -0.2) is 10.7 Å². The molecule has 0 aliphatic heterocycles. The highest BCUT2D eigenvalue weighted by Crippen LogP contribution is 2.54. The lowest BCUT2D eigenvalue weighted by Crippen LogP contribution is -2.26. The Kier molecular flexibility index (Phi) is 2.16. The topological polar surface area (TPSA) is 20.2 Å². The first kappa shape index (κ1) is 8.55. The van der Waals surface area contributed by atoms with Crippen LogP contribution in [0.2, 0.25) is 0 Å². The first-order valence-electron chi connectivity index (χ1n) is 5.49. The van der Waals surface area contributed by atoms with Crippen molar-refractivity contribution >= 4 is 0 Å². The summed E-state index contributed by atoms with van der Waals surface area (Å²) in [6.07, 6.45) is 8.93. The molecule has 12 heavy (non-hydrogen) atoms. The first-order valence-corrected chi connectivity index (χ1v) is 5.49. The van der Waals surface area contributed by atoms with Crippen molar-refractivity contribution in [2.45, 2.75) is 57.5 Å². The normalized spacial score (nSPS) is 43.0. The average Bonchev–Trinajstić information content (AvgIpc) is 2.81. The van der Waals surface area contributed by atoms with Gasteiger partial charge in [0.2, 0.25) is 0 Å². The Balaban J connectivity index is 1.91. The van der Waals surface area contributed by atoms with Crippen molar-refractivity contribution in [3.05, 3.63) is 0 Å². The van der Waals surface area contributed by atoms with Crippen LogP contribution in [-0.2, 0) is 0 Å². The van der Waals surface area contributed by atoms with Crippen LogP contribution < -0.4 is 0 Å². The summed E-state index contributed by atoms with van der Waals surface area (Å²) in [6.45, 7) is 2.20. The van der Waals surface area contributed by atoms with Crippen LogP contribution in [0, 0.1) is 11.8 Å². The molecular weight excluding hydrogens is 148 g/mol. The van der Waals surface area contributed by atoms with E-state index in [4.69, 9.17) is 0 Å². The maximum atomic E-state index is 10.2. The van der Waals surface area contributed by atoms with Crippen LogP contribution >= 0.6 is 0 Å². The highest BCUT2D eigenvalue weighted by molar-refractivity contribution is 5.07. The molecule has 1 heteroatoms. The van der Waals surface area contributed by atoms with Crippen molar-refractivity contribution in [3.8, 4) is 0 Å². The van der Waals surface area contributed by atoms with Gasteiger partial charge in [0, 0.05) is 0 Å². The minimum absolute atomic E-state index is 0.213. The fourth-order valence-corrected chi connectivity index (χ4v) is 2.94. The van der Waals surface area contributed by atoms with Gasteiger partial charge in [-0.1, -0.05) is 32.6 Å². The third-order valence-electron chi connectivity index (χ3n) is 3.93. The maximum Gasteiger partial charge on any atom is 0.0708 e. The molecule has 0 unspecified atom stereocenters. The standard InChI is InChI=1S/C11H20O/c1-2-9-8-11(9,12)10-6-4-3-5-7-10/h9-10,12H,2-8H2,1H3/t9-,11+/m0/s1. The molecule has 0 bridgehead atoms. The molecule has 70 valence electrons. The molecule has 0 aromatic carbocycles. The Morgan fingerprint density at radius 3 is 2.42 bits per heavy atom. The fourth-order valence-electron chi connectivity index (χ4n) is 2.94. The molecule has 0 spiro atoms. The van der Waals surface area contributed by atoms with E-state index in [9.17, 15) is 5.11 Å². The summed E-state index contributed by atoms with van der Waals surface area (Å²) in [5.41, 5.74) is -0.213. The van der Waals surface area contributed by atoms with Gasteiger partial charge in [0.1, 0.15) is 0 Å². The molecule has 2 atom stereocenters. The van der Waals surface area contributed by atoms with Gasteiger partial charge in [-0.25, -0.2) is 0 Å². The van der Waals surface area contributed by atoms with Crippen molar-refractivity contribution in [1.82, 2.24) is 0 Å². The SMILES string of the molecule is CC[C@H]1C[C@]1(O)C1CCCCC1. The monoisotopic (exact) mass is 168 g/mol. The van der Waals surface area contributed by atoms with Gasteiger partial charge in [0.05, 0.1) is 5.60 Å². The molecule has 1 nitrogen and oxygen atoms in total. The lowest BCUT2D eigenvalue weighted by molar-refractivity contribution is 0.0447. The molecule has 2 aliphatic rings. The summed E-state index contributed by atoms with van der Waals surface area (Å²) in [5.74, 6) is 1.29. The van der Waals surface area contributed by atoms with Crippen molar-refractivity contribution in [1.29, 1.82) is 0 Å². The average molecular weight is 168 g/mol. The van der Waals surface area contributed by atoms with Crippen LogP contribution in [0.15, 0.2) is 0 Å². The van der Waals surface area contributed by atoms with E-state index < -0.39 is 0 Å². The van der Waals surface area contributed by atoms with Gasteiger partial charge in [-0.05, 0) is 31.1 Å². The molecule has 2 saturated carbocycles. The smallest absolute Gasteiger partial charge is 0.0708 e. The van der Waals surface area contributed by atoms with E-state index in [2.05, 4.69) is 6.92 Å². The molecule has 2 aliphatic carbocycles. The van der Waals surface area contributed by atoms with Crippen molar-refractivity contribution < 1.29 is 5.11 Å². The molecule has 0 amide bonds. The van der Waals surface area contributed by atoms with Crippen LogP contribution in [0.3, 0.4) is 0 Å². The number of rotatable bonds is 2. The Labute approximate surface area is 75.2 Å². The molecule has 0 aromatic heterocycles. The molecule has 0 heterocycles. The molecule has 0 saturated heterocycles. The summed E-state index contributed by atoms with van der Waals surface area (Å²) < 4.78 is 0. The first-order chi connectivity index (χ1) is 5.77. The van der Waals surface area contributed by atoms with E-state index in [1.165, 1.54) is 38.5 Å². The quantitative estimate of drug-likeness (QED) is 0.672. The van der Waals surface area contributed by atoms with E-state index in [1.807, 2.05) is 0 Å². The maximum absolute atomic E-state index is 10.2.